The van der Waals surface area contributed by atoms with Crippen LogP contribution in [0.25, 0.3) is 11.0 Å². The average molecular weight is 369 g/mol. The Balaban J connectivity index is 0.00000169. The Bertz CT molecular complexity index is 717. The van der Waals surface area contributed by atoms with Crippen LogP contribution in [0.4, 0.5) is 0 Å². The maximum atomic E-state index is 12.7. The molecule has 1 saturated heterocycles. The van der Waals surface area contributed by atoms with Crippen LogP contribution in [0.3, 0.4) is 0 Å². The van der Waals surface area contributed by atoms with Crippen molar-refractivity contribution in [1.82, 2.24) is 9.80 Å². The Kier molecular flexibility index (Phi) is 5.38. The van der Waals surface area contributed by atoms with E-state index in [1.54, 1.807) is 12.1 Å². The summed E-state index contributed by atoms with van der Waals surface area (Å²) in [5.41, 5.74) is 0.711. The second kappa shape index (κ2) is 7.34. The van der Waals surface area contributed by atoms with Crippen LogP contribution in [0, 0.1) is 0 Å². The number of hydrogen-bond donors (Lipinski definition) is 0. The smallest absolute Gasteiger partial charge is 0.289 e. The van der Waals surface area contributed by atoms with Crippen molar-refractivity contribution >= 4 is 40.9 Å². The highest BCUT2D eigenvalue weighted by atomic mass is 35.5. The topological polar surface area (TPSA) is 36.7 Å². The summed E-state index contributed by atoms with van der Waals surface area (Å²) in [6, 6.07) is 7.96. The second-order valence-corrected chi connectivity index (χ2v) is 7.00. The third-order valence-electron chi connectivity index (χ3n) is 5.13. The second-order valence-electron chi connectivity index (χ2n) is 6.56. The van der Waals surface area contributed by atoms with Crippen molar-refractivity contribution in [2.24, 2.45) is 0 Å². The molecule has 4 nitrogen and oxygen atoms in total. The first-order valence-corrected chi connectivity index (χ1v) is 8.81. The molecule has 2 fully saturated rings. The number of rotatable bonds is 2. The summed E-state index contributed by atoms with van der Waals surface area (Å²) in [6.45, 7) is 3.52. The van der Waals surface area contributed by atoms with Gasteiger partial charge in [-0.1, -0.05) is 24.4 Å². The normalized spacial score (nSPS) is 19.6. The summed E-state index contributed by atoms with van der Waals surface area (Å²) in [4.78, 5) is 17.1. The maximum absolute atomic E-state index is 12.7. The molecule has 0 spiro atoms. The number of amides is 1. The summed E-state index contributed by atoms with van der Waals surface area (Å²) in [5.74, 6) is 0.403. The first kappa shape index (κ1) is 17.6. The zero-order valence-electron chi connectivity index (χ0n) is 13.5. The average Bonchev–Trinajstić information content (AvgIpc) is 3.23. The maximum Gasteiger partial charge on any atom is 0.289 e. The lowest BCUT2D eigenvalue weighted by atomic mass is 10.1. The number of carbonyl (C=O) groups excluding carboxylic acids is 1. The van der Waals surface area contributed by atoms with Crippen LogP contribution >= 0.6 is 24.0 Å². The van der Waals surface area contributed by atoms with Crippen LogP contribution in [0.1, 0.15) is 36.2 Å². The number of fused-ring (bicyclic) bond motifs is 1. The standard InChI is InChI=1S/C18H21ClN2O2.ClH/c19-14-5-6-16-13(11-14)12-17(23-16)18(22)21-9-7-20(8-10-21)15-3-1-2-4-15;/h5-6,11-12,15H,1-4,7-10H2;1H. The molecule has 1 aliphatic heterocycles. The summed E-state index contributed by atoms with van der Waals surface area (Å²) < 4.78 is 5.70. The summed E-state index contributed by atoms with van der Waals surface area (Å²) in [5, 5.41) is 1.54. The van der Waals surface area contributed by atoms with E-state index in [1.165, 1.54) is 25.7 Å². The van der Waals surface area contributed by atoms with Crippen molar-refractivity contribution in [3.05, 3.63) is 35.0 Å². The number of hydrogen-bond acceptors (Lipinski definition) is 3. The van der Waals surface area contributed by atoms with Crippen LogP contribution in [0.5, 0.6) is 0 Å². The molecule has 2 aliphatic rings. The number of halogens is 2. The number of piperazine rings is 1. The Morgan fingerprint density at radius 2 is 1.79 bits per heavy atom. The molecule has 0 radical (unpaired) electrons. The van der Waals surface area contributed by atoms with Gasteiger partial charge < -0.3 is 9.32 Å². The van der Waals surface area contributed by atoms with E-state index < -0.39 is 0 Å². The SMILES string of the molecule is Cl.O=C(c1cc2cc(Cl)ccc2o1)N1CCN(C2CCCC2)CC1. The largest absolute Gasteiger partial charge is 0.451 e. The van der Waals surface area contributed by atoms with Crippen molar-refractivity contribution in [1.29, 1.82) is 0 Å². The van der Waals surface area contributed by atoms with Gasteiger partial charge in [0.1, 0.15) is 5.58 Å². The Hall–Kier alpha value is -1.23. The van der Waals surface area contributed by atoms with Gasteiger partial charge in [0.25, 0.3) is 5.91 Å². The van der Waals surface area contributed by atoms with Crippen molar-refractivity contribution in [3.63, 3.8) is 0 Å². The molecule has 130 valence electrons. The number of furan rings is 1. The molecule has 2 heterocycles. The quantitative estimate of drug-likeness (QED) is 0.796. The van der Waals surface area contributed by atoms with Gasteiger partial charge in [-0.05, 0) is 37.1 Å². The Labute approximate surface area is 153 Å². The predicted molar refractivity (Wildman–Crippen MR) is 98.2 cm³/mol. The molecule has 1 aromatic heterocycles. The molecule has 0 atom stereocenters. The molecule has 0 N–H and O–H groups in total. The number of nitrogens with zero attached hydrogens (tertiary/aromatic N) is 2. The molecular weight excluding hydrogens is 347 g/mol. The van der Waals surface area contributed by atoms with Crippen LogP contribution in [0.2, 0.25) is 5.02 Å². The van der Waals surface area contributed by atoms with E-state index in [9.17, 15) is 4.79 Å². The highest BCUT2D eigenvalue weighted by Gasteiger charge is 2.29. The Morgan fingerprint density at radius 1 is 1.08 bits per heavy atom. The van der Waals surface area contributed by atoms with Crippen LogP contribution in [0.15, 0.2) is 28.7 Å². The molecule has 2 aromatic rings. The first-order valence-electron chi connectivity index (χ1n) is 8.43. The van der Waals surface area contributed by atoms with Gasteiger partial charge in [-0.15, -0.1) is 12.4 Å². The van der Waals surface area contributed by atoms with Gasteiger partial charge in [0.15, 0.2) is 5.76 Å². The highest BCUT2D eigenvalue weighted by Crippen LogP contribution is 2.26. The minimum absolute atomic E-state index is 0. The summed E-state index contributed by atoms with van der Waals surface area (Å²) >= 11 is 5.99. The lowest BCUT2D eigenvalue weighted by molar-refractivity contribution is 0.0547. The van der Waals surface area contributed by atoms with E-state index in [4.69, 9.17) is 16.0 Å². The molecular formula is C18H22Cl2N2O2. The van der Waals surface area contributed by atoms with Crippen molar-refractivity contribution in [3.8, 4) is 0 Å². The van der Waals surface area contributed by atoms with Gasteiger partial charge in [-0.25, -0.2) is 0 Å². The zero-order chi connectivity index (χ0) is 15.8. The predicted octanol–water partition coefficient (Wildman–Crippen LogP) is 4.21. The lowest BCUT2D eigenvalue weighted by Gasteiger charge is -2.37. The fraction of sp³-hybridized carbons (Fsp3) is 0.500. The number of benzene rings is 1. The van der Waals surface area contributed by atoms with Gasteiger partial charge in [0.05, 0.1) is 0 Å². The van der Waals surface area contributed by atoms with Crippen molar-refractivity contribution in [2.75, 3.05) is 26.2 Å². The molecule has 24 heavy (non-hydrogen) atoms. The van der Waals surface area contributed by atoms with Crippen molar-refractivity contribution < 1.29 is 9.21 Å². The lowest BCUT2D eigenvalue weighted by Crippen LogP contribution is -2.51. The van der Waals surface area contributed by atoms with E-state index in [-0.39, 0.29) is 18.3 Å². The fourth-order valence-electron chi connectivity index (χ4n) is 3.84. The molecule has 1 amide bonds. The van der Waals surface area contributed by atoms with Gasteiger partial charge >= 0.3 is 0 Å². The minimum atomic E-state index is -0.0107. The van der Waals surface area contributed by atoms with Crippen LogP contribution < -0.4 is 0 Å². The third kappa shape index (κ3) is 3.41. The first-order chi connectivity index (χ1) is 11.2. The summed E-state index contributed by atoms with van der Waals surface area (Å²) in [7, 11) is 0. The molecule has 4 rings (SSSR count). The molecule has 1 aromatic carbocycles. The molecule has 1 aliphatic carbocycles. The van der Waals surface area contributed by atoms with E-state index in [2.05, 4.69) is 4.90 Å². The van der Waals surface area contributed by atoms with E-state index in [0.29, 0.717) is 16.4 Å². The highest BCUT2D eigenvalue weighted by molar-refractivity contribution is 6.31. The number of carbonyl (C=O) groups is 1. The van der Waals surface area contributed by atoms with E-state index in [1.807, 2.05) is 17.0 Å². The van der Waals surface area contributed by atoms with Gasteiger partial charge in [-0.3, -0.25) is 9.69 Å². The van der Waals surface area contributed by atoms with Gasteiger partial charge in [-0.2, -0.15) is 0 Å². The third-order valence-corrected chi connectivity index (χ3v) is 5.37. The van der Waals surface area contributed by atoms with E-state index >= 15 is 0 Å². The molecule has 1 saturated carbocycles. The fourth-order valence-corrected chi connectivity index (χ4v) is 4.02. The van der Waals surface area contributed by atoms with Crippen LogP contribution in [-0.4, -0.2) is 47.9 Å². The van der Waals surface area contributed by atoms with Gasteiger partial charge in [0, 0.05) is 42.6 Å². The minimum Gasteiger partial charge on any atom is -0.451 e. The monoisotopic (exact) mass is 368 g/mol. The molecule has 0 bridgehead atoms. The van der Waals surface area contributed by atoms with Crippen molar-refractivity contribution in [2.45, 2.75) is 31.7 Å². The summed E-state index contributed by atoms with van der Waals surface area (Å²) in [6.07, 6.45) is 5.34. The molecule has 0 unspecified atom stereocenters. The Morgan fingerprint density at radius 3 is 2.50 bits per heavy atom. The van der Waals surface area contributed by atoms with E-state index in [0.717, 1.165) is 37.6 Å². The van der Waals surface area contributed by atoms with Crippen LogP contribution in [-0.2, 0) is 0 Å². The molecule has 6 heteroatoms. The zero-order valence-corrected chi connectivity index (χ0v) is 15.1. The van der Waals surface area contributed by atoms with Gasteiger partial charge in [0.2, 0.25) is 0 Å².